The first-order valence-corrected chi connectivity index (χ1v) is 8.93. The van der Waals surface area contributed by atoms with Gasteiger partial charge in [0.05, 0.1) is 12.6 Å². The number of benzene rings is 1. The van der Waals surface area contributed by atoms with E-state index in [0.29, 0.717) is 18.4 Å². The zero-order valence-electron chi connectivity index (χ0n) is 16.2. The summed E-state index contributed by atoms with van der Waals surface area (Å²) < 4.78 is 5.73. The van der Waals surface area contributed by atoms with Crippen LogP contribution in [0.4, 0.5) is 0 Å². The molecule has 0 bridgehead atoms. The van der Waals surface area contributed by atoms with Gasteiger partial charge in [-0.15, -0.1) is 24.0 Å². The number of rotatable bonds is 10. The van der Waals surface area contributed by atoms with Crippen molar-refractivity contribution in [3.05, 3.63) is 35.9 Å². The van der Waals surface area contributed by atoms with E-state index >= 15 is 0 Å². The first-order chi connectivity index (χ1) is 12.1. The summed E-state index contributed by atoms with van der Waals surface area (Å²) in [6.45, 7) is 8.50. The van der Waals surface area contributed by atoms with E-state index in [4.69, 9.17) is 4.74 Å². The van der Waals surface area contributed by atoms with Gasteiger partial charge < -0.3 is 20.7 Å². The van der Waals surface area contributed by atoms with E-state index in [0.717, 1.165) is 25.1 Å². The Kier molecular flexibility index (Phi) is 14.0. The normalized spacial score (nSPS) is 12.3. The minimum atomic E-state index is -0.0684. The number of guanidine groups is 1. The summed E-state index contributed by atoms with van der Waals surface area (Å²) in [6, 6.07) is 9.84. The van der Waals surface area contributed by atoms with Crippen LogP contribution in [0, 0.1) is 5.92 Å². The standard InChI is InChI=1S/C19H32N4O2.HI/c1-5-25-17(15(2)3)11-12-21-19(20-4)23-14-18(24)22-13-16-9-7-6-8-10-16;/h6-10,15,17H,5,11-14H2,1-4H3,(H,22,24)(H2,20,21,23);1H. The van der Waals surface area contributed by atoms with Gasteiger partial charge in [0.25, 0.3) is 0 Å². The molecule has 1 amide bonds. The largest absolute Gasteiger partial charge is 0.378 e. The molecule has 0 aromatic heterocycles. The number of amides is 1. The summed E-state index contributed by atoms with van der Waals surface area (Å²) in [5.41, 5.74) is 1.08. The number of ether oxygens (including phenoxy) is 1. The van der Waals surface area contributed by atoms with E-state index in [9.17, 15) is 4.79 Å². The zero-order chi connectivity index (χ0) is 18.5. The highest BCUT2D eigenvalue weighted by molar-refractivity contribution is 14.0. The van der Waals surface area contributed by atoms with Gasteiger partial charge in [0.15, 0.2) is 5.96 Å². The second-order valence-corrected chi connectivity index (χ2v) is 6.14. The maximum atomic E-state index is 11.9. The Balaban J connectivity index is 0.00000625. The van der Waals surface area contributed by atoms with Gasteiger partial charge >= 0.3 is 0 Å². The topological polar surface area (TPSA) is 74.8 Å². The van der Waals surface area contributed by atoms with E-state index in [1.54, 1.807) is 7.05 Å². The molecule has 1 unspecified atom stereocenters. The van der Waals surface area contributed by atoms with Crippen LogP contribution in [0.1, 0.15) is 32.8 Å². The van der Waals surface area contributed by atoms with Gasteiger partial charge in [0, 0.05) is 26.7 Å². The summed E-state index contributed by atoms with van der Waals surface area (Å²) in [5.74, 6) is 1.02. The lowest BCUT2D eigenvalue weighted by molar-refractivity contribution is -0.120. The Hall–Kier alpha value is -1.35. The quantitative estimate of drug-likeness (QED) is 0.276. The molecule has 6 nitrogen and oxygen atoms in total. The first-order valence-electron chi connectivity index (χ1n) is 8.93. The number of hydrogen-bond donors (Lipinski definition) is 3. The smallest absolute Gasteiger partial charge is 0.239 e. The zero-order valence-corrected chi connectivity index (χ0v) is 18.6. The Labute approximate surface area is 174 Å². The second-order valence-electron chi connectivity index (χ2n) is 6.14. The molecule has 0 saturated heterocycles. The Morgan fingerprint density at radius 2 is 1.85 bits per heavy atom. The average molecular weight is 476 g/mol. The number of nitrogens with zero attached hydrogens (tertiary/aromatic N) is 1. The van der Waals surface area contributed by atoms with Crippen molar-refractivity contribution in [3.63, 3.8) is 0 Å². The molecule has 1 aromatic rings. The third-order valence-corrected chi connectivity index (χ3v) is 3.82. The lowest BCUT2D eigenvalue weighted by Gasteiger charge is -2.21. The van der Waals surface area contributed by atoms with Crippen LogP contribution in [0.25, 0.3) is 0 Å². The minimum absolute atomic E-state index is 0. The number of carbonyl (C=O) groups excluding carboxylic acids is 1. The van der Waals surface area contributed by atoms with Crippen molar-refractivity contribution in [2.45, 2.75) is 39.8 Å². The fourth-order valence-electron chi connectivity index (χ4n) is 2.40. The molecule has 0 aliphatic rings. The molecular weight excluding hydrogens is 443 g/mol. The third kappa shape index (κ3) is 10.6. The SMILES string of the molecule is CCOC(CCNC(=NC)NCC(=O)NCc1ccccc1)C(C)C.I. The molecule has 148 valence electrons. The molecule has 0 saturated carbocycles. The third-order valence-electron chi connectivity index (χ3n) is 3.82. The minimum Gasteiger partial charge on any atom is -0.378 e. The van der Waals surface area contributed by atoms with Gasteiger partial charge in [-0.2, -0.15) is 0 Å². The summed E-state index contributed by atoms with van der Waals surface area (Å²) in [5, 5.41) is 9.13. The Bertz CT molecular complexity index is 524. The molecule has 1 rings (SSSR count). The summed E-state index contributed by atoms with van der Waals surface area (Å²) >= 11 is 0. The van der Waals surface area contributed by atoms with Crippen molar-refractivity contribution < 1.29 is 9.53 Å². The van der Waals surface area contributed by atoms with Crippen LogP contribution in [0.15, 0.2) is 35.3 Å². The summed E-state index contributed by atoms with van der Waals surface area (Å²) in [6.07, 6.45) is 1.12. The second kappa shape index (κ2) is 14.8. The molecule has 0 spiro atoms. The van der Waals surface area contributed by atoms with Gasteiger partial charge in [0.1, 0.15) is 0 Å². The lowest BCUT2D eigenvalue weighted by atomic mass is 10.0. The van der Waals surface area contributed by atoms with E-state index in [-0.39, 0.29) is 42.5 Å². The maximum Gasteiger partial charge on any atom is 0.239 e. The fourth-order valence-corrected chi connectivity index (χ4v) is 2.40. The van der Waals surface area contributed by atoms with E-state index in [1.807, 2.05) is 37.3 Å². The van der Waals surface area contributed by atoms with Crippen LogP contribution < -0.4 is 16.0 Å². The van der Waals surface area contributed by atoms with Gasteiger partial charge in [-0.1, -0.05) is 44.2 Å². The number of halogens is 1. The molecule has 0 aliphatic heterocycles. The predicted molar refractivity (Wildman–Crippen MR) is 118 cm³/mol. The molecule has 1 aromatic carbocycles. The van der Waals surface area contributed by atoms with Gasteiger partial charge in [-0.25, -0.2) is 0 Å². The van der Waals surface area contributed by atoms with Crippen molar-refractivity contribution >= 4 is 35.8 Å². The molecule has 0 fully saturated rings. The highest BCUT2D eigenvalue weighted by atomic mass is 127. The first kappa shape index (κ1) is 24.7. The maximum absolute atomic E-state index is 11.9. The van der Waals surface area contributed by atoms with Crippen molar-refractivity contribution in [2.24, 2.45) is 10.9 Å². The van der Waals surface area contributed by atoms with Gasteiger partial charge in [0.2, 0.25) is 5.91 Å². The number of nitrogens with one attached hydrogen (secondary N) is 3. The van der Waals surface area contributed by atoms with Crippen molar-refractivity contribution in [2.75, 3.05) is 26.7 Å². The van der Waals surface area contributed by atoms with Crippen molar-refractivity contribution in [3.8, 4) is 0 Å². The average Bonchev–Trinajstić information content (AvgIpc) is 2.62. The van der Waals surface area contributed by atoms with Crippen molar-refractivity contribution in [1.82, 2.24) is 16.0 Å². The molecule has 26 heavy (non-hydrogen) atoms. The lowest BCUT2D eigenvalue weighted by Crippen LogP contribution is -2.44. The van der Waals surface area contributed by atoms with Crippen LogP contribution in [0.5, 0.6) is 0 Å². The molecule has 0 radical (unpaired) electrons. The Morgan fingerprint density at radius 1 is 1.15 bits per heavy atom. The van der Waals surface area contributed by atoms with Crippen LogP contribution in [0.3, 0.4) is 0 Å². The molecule has 0 aliphatic carbocycles. The molecule has 0 heterocycles. The highest BCUT2D eigenvalue weighted by Gasteiger charge is 2.13. The van der Waals surface area contributed by atoms with Crippen LogP contribution in [0.2, 0.25) is 0 Å². The van der Waals surface area contributed by atoms with Gasteiger partial charge in [-0.05, 0) is 24.8 Å². The predicted octanol–water partition coefficient (Wildman–Crippen LogP) is 2.54. The molecule has 7 heteroatoms. The summed E-state index contributed by atoms with van der Waals surface area (Å²) in [7, 11) is 1.69. The highest BCUT2D eigenvalue weighted by Crippen LogP contribution is 2.09. The van der Waals surface area contributed by atoms with Crippen LogP contribution in [-0.2, 0) is 16.1 Å². The fraction of sp³-hybridized carbons (Fsp3) is 0.579. The molecular formula is C19H33IN4O2. The van der Waals surface area contributed by atoms with E-state index in [1.165, 1.54) is 0 Å². The molecule has 3 N–H and O–H groups in total. The molecule has 1 atom stereocenters. The number of hydrogen-bond acceptors (Lipinski definition) is 3. The summed E-state index contributed by atoms with van der Waals surface area (Å²) in [4.78, 5) is 16.1. The van der Waals surface area contributed by atoms with Crippen LogP contribution >= 0.6 is 24.0 Å². The monoisotopic (exact) mass is 476 g/mol. The van der Waals surface area contributed by atoms with E-state index in [2.05, 4.69) is 34.8 Å². The number of aliphatic imine (C=N–C) groups is 1. The van der Waals surface area contributed by atoms with Crippen LogP contribution in [-0.4, -0.2) is 44.7 Å². The van der Waals surface area contributed by atoms with Crippen molar-refractivity contribution in [1.29, 1.82) is 0 Å². The van der Waals surface area contributed by atoms with E-state index < -0.39 is 0 Å². The Morgan fingerprint density at radius 3 is 2.42 bits per heavy atom. The van der Waals surface area contributed by atoms with Gasteiger partial charge in [-0.3, -0.25) is 9.79 Å². The number of carbonyl (C=O) groups is 1.